The average Bonchev–Trinajstić information content (AvgIpc) is 2.00. The predicted molar refractivity (Wildman–Crippen MR) is 58.3 cm³/mol. The molecule has 0 amide bonds. The molecule has 0 bridgehead atoms. The summed E-state index contributed by atoms with van der Waals surface area (Å²) in [4.78, 5) is 0. The molecule has 84 valence electrons. The van der Waals surface area contributed by atoms with Crippen molar-refractivity contribution in [2.24, 2.45) is 10.3 Å². The summed E-state index contributed by atoms with van der Waals surface area (Å²) in [7, 11) is -5.01. The van der Waals surface area contributed by atoms with Gasteiger partial charge in [-0.2, -0.15) is 8.42 Å². The van der Waals surface area contributed by atoms with Crippen LogP contribution in [0.15, 0.2) is 24.3 Å². The van der Waals surface area contributed by atoms with Crippen LogP contribution >= 0.6 is 0 Å². The van der Waals surface area contributed by atoms with Gasteiger partial charge in [0.05, 0.1) is 0 Å². The maximum Gasteiger partial charge on any atom is 0.488 e. The van der Waals surface area contributed by atoms with Gasteiger partial charge in [-0.3, -0.25) is 0 Å². The Balaban J connectivity index is 0.000000336. The number of rotatable bonds is 1. The molecule has 0 saturated heterocycles. The SMILES string of the molecule is Cc1cccc(B(O)O)c1.NS(N)(=O)=O. The van der Waals surface area contributed by atoms with Crippen LogP contribution in [0.5, 0.6) is 0 Å². The van der Waals surface area contributed by atoms with Crippen LogP contribution in [0.3, 0.4) is 0 Å². The topological polar surface area (TPSA) is 127 Å². The first-order valence-electron chi connectivity index (χ1n) is 3.93. The smallest absolute Gasteiger partial charge is 0.423 e. The lowest BCUT2D eigenvalue weighted by Gasteiger charge is -1.98. The number of hydrogen-bond acceptors (Lipinski definition) is 4. The molecule has 0 aromatic heterocycles. The summed E-state index contributed by atoms with van der Waals surface area (Å²) in [5, 5.41) is 25.6. The molecule has 0 heterocycles. The van der Waals surface area contributed by atoms with E-state index in [1.54, 1.807) is 18.2 Å². The van der Waals surface area contributed by atoms with Crippen LogP contribution in [0.4, 0.5) is 0 Å². The minimum Gasteiger partial charge on any atom is -0.423 e. The van der Waals surface area contributed by atoms with Crippen LogP contribution in [0, 0.1) is 6.92 Å². The Morgan fingerprint density at radius 3 is 2.00 bits per heavy atom. The molecule has 15 heavy (non-hydrogen) atoms. The fourth-order valence-corrected chi connectivity index (χ4v) is 0.831. The third-order valence-corrected chi connectivity index (χ3v) is 1.34. The van der Waals surface area contributed by atoms with E-state index in [0.717, 1.165) is 5.56 Å². The van der Waals surface area contributed by atoms with E-state index in [-0.39, 0.29) is 0 Å². The Labute approximate surface area is 88.9 Å². The van der Waals surface area contributed by atoms with Crippen molar-refractivity contribution in [1.82, 2.24) is 0 Å². The Morgan fingerprint density at radius 1 is 1.27 bits per heavy atom. The molecule has 0 fully saturated rings. The first-order valence-corrected chi connectivity index (χ1v) is 5.54. The van der Waals surface area contributed by atoms with Crippen LogP contribution < -0.4 is 15.7 Å². The Hall–Kier alpha value is -0.925. The molecule has 6 nitrogen and oxygen atoms in total. The van der Waals surface area contributed by atoms with Crippen LogP contribution in [-0.2, 0) is 10.2 Å². The highest BCUT2D eigenvalue weighted by atomic mass is 32.2. The third-order valence-electron chi connectivity index (χ3n) is 1.34. The van der Waals surface area contributed by atoms with Gasteiger partial charge in [-0.25, -0.2) is 10.3 Å². The summed E-state index contributed by atoms with van der Waals surface area (Å²) < 4.78 is 18.4. The summed E-state index contributed by atoms with van der Waals surface area (Å²) in [6.45, 7) is 1.91. The van der Waals surface area contributed by atoms with Crippen molar-refractivity contribution in [1.29, 1.82) is 0 Å². The fraction of sp³-hybridized carbons (Fsp3) is 0.143. The Bertz CT molecular complexity index is 399. The van der Waals surface area contributed by atoms with Crippen LogP contribution in [0.25, 0.3) is 0 Å². The van der Waals surface area contributed by atoms with E-state index in [1.807, 2.05) is 13.0 Å². The third kappa shape index (κ3) is 9.38. The first-order chi connectivity index (χ1) is 6.70. The lowest BCUT2D eigenvalue weighted by molar-refractivity contribution is 0.425. The molecule has 0 aliphatic rings. The number of benzene rings is 1. The number of nitrogens with two attached hydrogens (primary N) is 2. The molecule has 8 heteroatoms. The highest BCUT2D eigenvalue weighted by molar-refractivity contribution is 7.86. The van der Waals surface area contributed by atoms with Crippen molar-refractivity contribution in [2.45, 2.75) is 6.92 Å². The second kappa shape index (κ2) is 5.84. The summed E-state index contributed by atoms with van der Waals surface area (Å²) in [6, 6.07) is 7.12. The maximum atomic E-state index is 9.19. The monoisotopic (exact) mass is 232 g/mol. The van der Waals surface area contributed by atoms with Crippen molar-refractivity contribution in [3.63, 3.8) is 0 Å². The van der Waals surface area contributed by atoms with Gasteiger partial charge in [-0.1, -0.05) is 29.8 Å². The molecule has 0 spiro atoms. The highest BCUT2D eigenvalue weighted by Gasteiger charge is 2.08. The summed E-state index contributed by atoms with van der Waals surface area (Å²) >= 11 is 0. The molecule has 0 saturated carbocycles. The Morgan fingerprint density at radius 2 is 1.73 bits per heavy atom. The van der Waals surface area contributed by atoms with Crippen LogP contribution in [0.1, 0.15) is 5.56 Å². The molecule has 6 N–H and O–H groups in total. The zero-order valence-corrected chi connectivity index (χ0v) is 8.98. The zero-order chi connectivity index (χ0) is 12.1. The van der Waals surface area contributed by atoms with E-state index in [0.29, 0.717) is 5.46 Å². The second-order valence-electron chi connectivity index (χ2n) is 2.88. The maximum absolute atomic E-state index is 9.19. The van der Waals surface area contributed by atoms with Crippen molar-refractivity contribution < 1.29 is 18.5 Å². The van der Waals surface area contributed by atoms with E-state index >= 15 is 0 Å². The molecule has 0 atom stereocenters. The first kappa shape index (κ1) is 14.1. The largest absolute Gasteiger partial charge is 0.488 e. The molecular weight excluding hydrogens is 219 g/mol. The number of hydrogen-bond donors (Lipinski definition) is 4. The minimum absolute atomic E-state index is 0.542. The standard InChI is InChI=1S/C7H9BO2.H4N2O2S/c1-6-3-2-4-7(5-6)8(9)10;1-5(2,3)4/h2-5,9-10H,1H3;(H4,1,2,3,4). The molecule has 1 aromatic rings. The molecule has 1 rings (SSSR count). The van der Waals surface area contributed by atoms with Gasteiger partial charge in [-0.05, 0) is 12.4 Å². The number of aryl methyl sites for hydroxylation is 1. The molecule has 0 aliphatic carbocycles. The van der Waals surface area contributed by atoms with Crippen molar-refractivity contribution in [3.8, 4) is 0 Å². The second-order valence-corrected chi connectivity index (χ2v) is 4.05. The normalized spacial score (nSPS) is 10.2. The minimum atomic E-state index is -3.67. The van der Waals surface area contributed by atoms with Gasteiger partial charge in [0.15, 0.2) is 0 Å². The van der Waals surface area contributed by atoms with Gasteiger partial charge in [0.1, 0.15) is 0 Å². The highest BCUT2D eigenvalue weighted by Crippen LogP contribution is 1.92. The van der Waals surface area contributed by atoms with Crippen molar-refractivity contribution >= 4 is 22.8 Å². The average molecular weight is 232 g/mol. The molecule has 0 radical (unpaired) electrons. The van der Waals surface area contributed by atoms with Crippen LogP contribution in [-0.4, -0.2) is 25.6 Å². The molecule has 0 aliphatic heterocycles. The van der Waals surface area contributed by atoms with Gasteiger partial charge >= 0.3 is 7.12 Å². The van der Waals surface area contributed by atoms with E-state index in [9.17, 15) is 8.42 Å². The zero-order valence-electron chi connectivity index (χ0n) is 8.16. The van der Waals surface area contributed by atoms with Crippen LogP contribution in [0.2, 0.25) is 0 Å². The lowest BCUT2D eigenvalue weighted by atomic mass is 9.80. The molecular formula is C7H13BN2O4S. The fourth-order valence-electron chi connectivity index (χ4n) is 0.831. The quantitative estimate of drug-likeness (QED) is 0.410. The van der Waals surface area contributed by atoms with E-state index in [1.165, 1.54) is 0 Å². The van der Waals surface area contributed by atoms with Gasteiger partial charge in [0.25, 0.3) is 10.2 Å². The van der Waals surface area contributed by atoms with E-state index in [4.69, 9.17) is 10.0 Å². The van der Waals surface area contributed by atoms with Crippen molar-refractivity contribution in [3.05, 3.63) is 29.8 Å². The van der Waals surface area contributed by atoms with E-state index < -0.39 is 17.3 Å². The molecule has 1 aromatic carbocycles. The van der Waals surface area contributed by atoms with Gasteiger partial charge in [0.2, 0.25) is 0 Å². The summed E-state index contributed by atoms with van der Waals surface area (Å²) in [5.74, 6) is 0. The van der Waals surface area contributed by atoms with Gasteiger partial charge < -0.3 is 10.0 Å². The lowest BCUT2D eigenvalue weighted by Crippen LogP contribution is -2.29. The van der Waals surface area contributed by atoms with Gasteiger partial charge in [-0.15, -0.1) is 0 Å². The molecule has 0 unspecified atom stereocenters. The van der Waals surface area contributed by atoms with Gasteiger partial charge in [0, 0.05) is 0 Å². The van der Waals surface area contributed by atoms with Crippen molar-refractivity contribution in [2.75, 3.05) is 0 Å². The summed E-state index contributed by atoms with van der Waals surface area (Å²) in [5.41, 5.74) is 1.57. The van der Waals surface area contributed by atoms with E-state index in [2.05, 4.69) is 10.3 Å². The predicted octanol–water partition coefficient (Wildman–Crippen LogP) is -2.18. The Kier molecular flexibility index (Phi) is 5.48. The summed E-state index contributed by atoms with van der Waals surface area (Å²) in [6.07, 6.45) is 0.